The van der Waals surface area contributed by atoms with Crippen LogP contribution in [0.15, 0.2) is 0 Å². The molecule has 0 amide bonds. The van der Waals surface area contributed by atoms with Gasteiger partial charge in [-0.1, -0.05) is 20.8 Å². The summed E-state index contributed by atoms with van der Waals surface area (Å²) in [4.78, 5) is 0. The Morgan fingerprint density at radius 2 is 2.10 bits per heavy atom. The Hall–Kier alpha value is 0.530. The topological polar surface area (TPSA) is 9.23 Å². The van der Waals surface area contributed by atoms with Crippen LogP contribution in [0.2, 0.25) is 0 Å². The third kappa shape index (κ3) is 6.65. The van der Waals surface area contributed by atoms with Crippen LogP contribution in [0.5, 0.6) is 0 Å². The second kappa shape index (κ2) is 6.25. The second-order valence-electron chi connectivity index (χ2n) is 2.60. The van der Waals surface area contributed by atoms with Crippen molar-refractivity contribution >= 4 is 20.9 Å². The highest BCUT2D eigenvalue weighted by Crippen LogP contribution is 2.00. The van der Waals surface area contributed by atoms with Crippen molar-refractivity contribution in [1.29, 1.82) is 0 Å². The van der Waals surface area contributed by atoms with E-state index in [0.29, 0.717) is 0 Å². The SMILES string of the molecule is CCS(=S)OCCC(C)C. The molecule has 1 unspecified atom stereocenters. The number of rotatable bonds is 5. The van der Waals surface area contributed by atoms with E-state index in [9.17, 15) is 0 Å². The zero-order valence-corrected chi connectivity index (χ0v) is 8.56. The summed E-state index contributed by atoms with van der Waals surface area (Å²) in [7, 11) is -0.210. The van der Waals surface area contributed by atoms with E-state index in [0.717, 1.165) is 24.7 Å². The molecule has 0 aromatic rings. The van der Waals surface area contributed by atoms with E-state index in [1.54, 1.807) is 0 Å². The summed E-state index contributed by atoms with van der Waals surface area (Å²) >= 11 is 5.00. The molecule has 0 aliphatic rings. The maximum absolute atomic E-state index is 5.34. The second-order valence-corrected chi connectivity index (χ2v) is 5.13. The van der Waals surface area contributed by atoms with Gasteiger partial charge in [0, 0.05) is 15.5 Å². The quantitative estimate of drug-likeness (QED) is 0.640. The minimum absolute atomic E-state index is 0.210. The average molecular weight is 180 g/mol. The molecule has 62 valence electrons. The highest BCUT2D eigenvalue weighted by atomic mass is 32.8. The fraction of sp³-hybridized carbons (Fsp3) is 1.00. The molecule has 10 heavy (non-hydrogen) atoms. The molecular formula is C7H16OS2. The van der Waals surface area contributed by atoms with Crippen LogP contribution in [-0.4, -0.2) is 12.4 Å². The minimum Gasteiger partial charge on any atom is -0.312 e. The fourth-order valence-electron chi connectivity index (χ4n) is 0.460. The van der Waals surface area contributed by atoms with E-state index in [1.807, 2.05) is 0 Å². The zero-order valence-electron chi connectivity index (χ0n) is 6.92. The van der Waals surface area contributed by atoms with Crippen molar-refractivity contribution in [2.24, 2.45) is 5.92 Å². The number of hydrogen-bond acceptors (Lipinski definition) is 2. The third-order valence-corrected chi connectivity index (χ3v) is 3.04. The fourth-order valence-corrected chi connectivity index (χ4v) is 1.11. The molecule has 0 saturated heterocycles. The molecule has 0 N–H and O–H groups in total. The maximum Gasteiger partial charge on any atom is 0.0619 e. The van der Waals surface area contributed by atoms with Crippen LogP contribution in [0.3, 0.4) is 0 Å². The lowest BCUT2D eigenvalue weighted by Gasteiger charge is -2.05. The van der Waals surface area contributed by atoms with E-state index in [4.69, 9.17) is 15.4 Å². The molecule has 3 heteroatoms. The Morgan fingerprint density at radius 1 is 1.50 bits per heavy atom. The molecule has 0 radical (unpaired) electrons. The van der Waals surface area contributed by atoms with Crippen LogP contribution in [0.1, 0.15) is 27.2 Å². The first-order valence-electron chi connectivity index (χ1n) is 3.68. The van der Waals surface area contributed by atoms with E-state index < -0.39 is 0 Å². The standard InChI is InChI=1S/C7H16OS2/c1-4-10(9)8-6-5-7(2)3/h7H,4-6H2,1-3H3. The van der Waals surface area contributed by atoms with Crippen molar-refractivity contribution < 1.29 is 4.18 Å². The first-order chi connectivity index (χ1) is 4.66. The lowest BCUT2D eigenvalue weighted by Crippen LogP contribution is -2.02. The smallest absolute Gasteiger partial charge is 0.0619 e. The van der Waals surface area contributed by atoms with Gasteiger partial charge in [-0.25, -0.2) is 0 Å². The van der Waals surface area contributed by atoms with Gasteiger partial charge in [-0.3, -0.25) is 0 Å². The Kier molecular flexibility index (Phi) is 6.59. The van der Waals surface area contributed by atoms with Gasteiger partial charge in [0.2, 0.25) is 0 Å². The molecule has 0 aliphatic carbocycles. The first kappa shape index (κ1) is 10.5. The van der Waals surface area contributed by atoms with Crippen molar-refractivity contribution in [3.8, 4) is 0 Å². The highest BCUT2D eigenvalue weighted by Gasteiger charge is 1.94. The van der Waals surface area contributed by atoms with Crippen LogP contribution in [-0.2, 0) is 25.1 Å². The van der Waals surface area contributed by atoms with Gasteiger partial charge < -0.3 is 4.18 Å². The summed E-state index contributed by atoms with van der Waals surface area (Å²) in [5.41, 5.74) is 0. The Labute approximate surface area is 71.0 Å². The van der Waals surface area contributed by atoms with E-state index in [-0.39, 0.29) is 9.74 Å². The van der Waals surface area contributed by atoms with Crippen LogP contribution < -0.4 is 0 Å². The summed E-state index contributed by atoms with van der Waals surface area (Å²) in [6.45, 7) is 7.27. The average Bonchev–Trinajstić information content (AvgIpc) is 1.87. The molecule has 1 atom stereocenters. The predicted octanol–water partition coefficient (Wildman–Crippen LogP) is 2.06. The van der Waals surface area contributed by atoms with Crippen molar-refractivity contribution in [3.05, 3.63) is 0 Å². The number of hydrogen-bond donors (Lipinski definition) is 0. The summed E-state index contributed by atoms with van der Waals surface area (Å²) in [6, 6.07) is 0. The molecule has 0 fully saturated rings. The lowest BCUT2D eigenvalue weighted by molar-refractivity contribution is 0.331. The minimum atomic E-state index is -0.210. The van der Waals surface area contributed by atoms with Crippen molar-refractivity contribution in [3.63, 3.8) is 0 Å². The van der Waals surface area contributed by atoms with Crippen LogP contribution >= 0.6 is 0 Å². The van der Waals surface area contributed by atoms with Gasteiger partial charge in [-0.15, -0.1) is 0 Å². The van der Waals surface area contributed by atoms with Gasteiger partial charge in [0.15, 0.2) is 0 Å². The van der Waals surface area contributed by atoms with E-state index >= 15 is 0 Å². The zero-order chi connectivity index (χ0) is 7.98. The van der Waals surface area contributed by atoms with Crippen LogP contribution in [0.4, 0.5) is 0 Å². The van der Waals surface area contributed by atoms with Crippen molar-refractivity contribution in [2.45, 2.75) is 27.2 Å². The van der Waals surface area contributed by atoms with Crippen LogP contribution in [0, 0.1) is 5.92 Å². The largest absolute Gasteiger partial charge is 0.312 e. The summed E-state index contributed by atoms with van der Waals surface area (Å²) in [5, 5.41) is 0. The molecule has 0 bridgehead atoms. The maximum atomic E-state index is 5.34. The summed E-state index contributed by atoms with van der Waals surface area (Å²) < 4.78 is 5.34. The molecular weight excluding hydrogens is 164 g/mol. The monoisotopic (exact) mass is 180 g/mol. The van der Waals surface area contributed by atoms with Gasteiger partial charge in [-0.2, -0.15) is 0 Å². The molecule has 0 aromatic heterocycles. The van der Waals surface area contributed by atoms with Gasteiger partial charge in [0.1, 0.15) is 0 Å². The predicted molar refractivity (Wildman–Crippen MR) is 50.7 cm³/mol. The molecule has 1 nitrogen and oxygen atoms in total. The van der Waals surface area contributed by atoms with Crippen molar-refractivity contribution in [2.75, 3.05) is 12.4 Å². The molecule has 0 aromatic carbocycles. The molecule has 0 heterocycles. The van der Waals surface area contributed by atoms with E-state index in [1.165, 1.54) is 0 Å². The van der Waals surface area contributed by atoms with Gasteiger partial charge >= 0.3 is 0 Å². The third-order valence-electron chi connectivity index (χ3n) is 1.15. The molecule has 0 saturated carbocycles. The molecule has 0 spiro atoms. The summed E-state index contributed by atoms with van der Waals surface area (Å²) in [5.74, 6) is 1.69. The Bertz CT molecular complexity index is 102. The van der Waals surface area contributed by atoms with Gasteiger partial charge in [0.05, 0.1) is 6.61 Å². The van der Waals surface area contributed by atoms with Gasteiger partial charge in [0.25, 0.3) is 0 Å². The lowest BCUT2D eigenvalue weighted by atomic mass is 10.2. The summed E-state index contributed by atoms with van der Waals surface area (Å²) in [6.07, 6.45) is 1.13. The Morgan fingerprint density at radius 3 is 2.50 bits per heavy atom. The van der Waals surface area contributed by atoms with Crippen molar-refractivity contribution in [1.82, 2.24) is 0 Å². The van der Waals surface area contributed by atoms with Gasteiger partial charge in [-0.05, 0) is 23.5 Å². The van der Waals surface area contributed by atoms with E-state index in [2.05, 4.69) is 20.8 Å². The van der Waals surface area contributed by atoms with Crippen LogP contribution in [0.25, 0.3) is 0 Å². The first-order valence-corrected chi connectivity index (χ1v) is 5.92. The highest BCUT2D eigenvalue weighted by molar-refractivity contribution is 8.26. The normalized spacial score (nSPS) is 14.0. The Balaban J connectivity index is 3.12. The molecule has 0 aliphatic heterocycles. The molecule has 0 rings (SSSR count).